The molecule has 0 fully saturated rings. The highest BCUT2D eigenvalue weighted by Gasteiger charge is 2.30. The zero-order chi connectivity index (χ0) is 24.6. The summed E-state index contributed by atoms with van der Waals surface area (Å²) >= 11 is 1.35. The van der Waals surface area contributed by atoms with E-state index in [4.69, 9.17) is 0 Å². The van der Waals surface area contributed by atoms with Crippen molar-refractivity contribution in [3.8, 4) is 0 Å². The zero-order valence-electron chi connectivity index (χ0n) is 19.6. The lowest BCUT2D eigenvalue weighted by Gasteiger charge is -2.29. The van der Waals surface area contributed by atoms with Gasteiger partial charge in [-0.2, -0.15) is 4.72 Å². The summed E-state index contributed by atoms with van der Waals surface area (Å²) in [6, 6.07) is 9.59. The molecule has 2 N–H and O–H groups in total. The number of nitrogens with one attached hydrogen (secondary N) is 2. The Morgan fingerprint density at radius 3 is 2.62 bits per heavy atom. The number of aromatic nitrogens is 1. The summed E-state index contributed by atoms with van der Waals surface area (Å²) in [5, 5.41) is 3.20. The maximum absolute atomic E-state index is 13.2. The number of aryl methyl sites for hydroxylation is 2. The fourth-order valence-electron chi connectivity index (χ4n) is 4.06. The minimum atomic E-state index is -3.97. The van der Waals surface area contributed by atoms with E-state index in [0.717, 1.165) is 33.5 Å². The molecular weight excluding hydrogens is 472 g/mol. The van der Waals surface area contributed by atoms with E-state index in [1.54, 1.807) is 30.9 Å². The van der Waals surface area contributed by atoms with Crippen LogP contribution in [0.1, 0.15) is 38.3 Å². The summed E-state index contributed by atoms with van der Waals surface area (Å²) in [6.07, 6.45) is 1.45. The average Bonchev–Trinajstić information content (AvgIpc) is 3.17. The Morgan fingerprint density at radius 2 is 1.91 bits per heavy atom. The van der Waals surface area contributed by atoms with Crippen molar-refractivity contribution in [2.24, 2.45) is 5.92 Å². The number of fused-ring (bicyclic) bond motifs is 2. The van der Waals surface area contributed by atoms with Crippen LogP contribution < -0.4 is 14.9 Å². The molecule has 1 unspecified atom stereocenters. The molecule has 8 nitrogen and oxygen atoms in total. The predicted octanol–water partition coefficient (Wildman–Crippen LogP) is 3.85. The highest BCUT2D eigenvalue weighted by atomic mass is 32.2. The molecule has 0 saturated heterocycles. The lowest BCUT2D eigenvalue weighted by molar-refractivity contribution is -0.118. The molecule has 180 valence electrons. The van der Waals surface area contributed by atoms with Gasteiger partial charge in [-0.3, -0.25) is 9.59 Å². The summed E-state index contributed by atoms with van der Waals surface area (Å²) in [4.78, 5) is 31.1. The Bertz CT molecular complexity index is 1360. The van der Waals surface area contributed by atoms with Crippen molar-refractivity contribution in [1.82, 2.24) is 9.71 Å². The van der Waals surface area contributed by atoms with Gasteiger partial charge in [0.2, 0.25) is 21.8 Å². The van der Waals surface area contributed by atoms with Crippen molar-refractivity contribution in [2.75, 3.05) is 16.8 Å². The molecule has 2 heterocycles. The molecule has 1 aromatic heterocycles. The number of carbonyl (C=O) groups excluding carboxylic acids is 2. The predicted molar refractivity (Wildman–Crippen MR) is 135 cm³/mol. The number of anilines is 2. The Labute approximate surface area is 203 Å². The lowest BCUT2D eigenvalue weighted by Crippen LogP contribution is -2.47. The van der Waals surface area contributed by atoms with Gasteiger partial charge in [-0.05, 0) is 67.1 Å². The van der Waals surface area contributed by atoms with Crippen LogP contribution in [0.5, 0.6) is 0 Å². The number of nitrogens with zero attached hydrogens (tertiary/aromatic N) is 2. The van der Waals surface area contributed by atoms with Gasteiger partial charge in [0.15, 0.2) is 5.13 Å². The van der Waals surface area contributed by atoms with Gasteiger partial charge in [-0.15, -0.1) is 0 Å². The Kier molecular flexibility index (Phi) is 6.75. The molecule has 2 amide bonds. The van der Waals surface area contributed by atoms with Gasteiger partial charge >= 0.3 is 0 Å². The van der Waals surface area contributed by atoms with E-state index in [9.17, 15) is 18.0 Å². The average molecular weight is 501 g/mol. The quantitative estimate of drug-likeness (QED) is 0.535. The van der Waals surface area contributed by atoms with Gasteiger partial charge in [0.25, 0.3) is 0 Å². The SMILES string of the molecule is CC(=O)N1CCCc2cc(S(=O)(=O)NC(C(=O)Nc3nc4ccc(C)cc4s3)C(C)C)ccc21. The van der Waals surface area contributed by atoms with Crippen molar-refractivity contribution in [3.63, 3.8) is 0 Å². The molecule has 0 spiro atoms. The molecular formula is C24H28N4O4S2. The van der Waals surface area contributed by atoms with Crippen molar-refractivity contribution < 1.29 is 18.0 Å². The smallest absolute Gasteiger partial charge is 0.244 e. The summed E-state index contributed by atoms with van der Waals surface area (Å²) in [5.41, 5.74) is 3.42. The monoisotopic (exact) mass is 500 g/mol. The Hall–Kier alpha value is -2.82. The number of benzene rings is 2. The van der Waals surface area contributed by atoms with Crippen LogP contribution in [0.2, 0.25) is 0 Å². The van der Waals surface area contributed by atoms with E-state index in [2.05, 4.69) is 15.0 Å². The molecule has 2 aromatic carbocycles. The van der Waals surface area contributed by atoms with Crippen LogP contribution in [0.15, 0.2) is 41.3 Å². The molecule has 0 aliphatic carbocycles. The maximum atomic E-state index is 13.2. The summed E-state index contributed by atoms with van der Waals surface area (Å²) in [5.74, 6) is -0.830. The van der Waals surface area contributed by atoms with Crippen LogP contribution >= 0.6 is 11.3 Å². The molecule has 10 heteroatoms. The summed E-state index contributed by atoms with van der Waals surface area (Å²) in [7, 11) is -3.97. The second-order valence-corrected chi connectivity index (χ2v) is 11.6. The number of rotatable bonds is 6. The number of thiazole rings is 1. The molecule has 0 saturated carbocycles. The van der Waals surface area contributed by atoms with Gasteiger partial charge in [-0.25, -0.2) is 13.4 Å². The first-order chi connectivity index (χ1) is 16.0. The second kappa shape index (κ2) is 9.44. The van der Waals surface area contributed by atoms with Crippen molar-refractivity contribution in [2.45, 2.75) is 51.5 Å². The minimum absolute atomic E-state index is 0.0729. The van der Waals surface area contributed by atoms with Gasteiger partial charge in [0.1, 0.15) is 6.04 Å². The third kappa shape index (κ3) is 4.98. The van der Waals surface area contributed by atoms with Gasteiger partial charge in [-0.1, -0.05) is 31.3 Å². The van der Waals surface area contributed by atoms with Crippen LogP contribution in [0, 0.1) is 12.8 Å². The fourth-order valence-corrected chi connectivity index (χ4v) is 6.42. The molecule has 0 bridgehead atoms. The first kappa shape index (κ1) is 24.3. The molecule has 4 rings (SSSR count). The topological polar surface area (TPSA) is 108 Å². The molecule has 1 atom stereocenters. The first-order valence-corrected chi connectivity index (χ1v) is 13.5. The van der Waals surface area contributed by atoms with Gasteiger partial charge in [0.05, 0.1) is 15.1 Å². The maximum Gasteiger partial charge on any atom is 0.244 e. The van der Waals surface area contributed by atoms with E-state index >= 15 is 0 Å². The van der Waals surface area contributed by atoms with Crippen LogP contribution in [0.4, 0.5) is 10.8 Å². The van der Waals surface area contributed by atoms with E-state index in [1.165, 1.54) is 24.3 Å². The van der Waals surface area contributed by atoms with Crippen molar-refractivity contribution in [1.29, 1.82) is 0 Å². The highest BCUT2D eigenvalue weighted by molar-refractivity contribution is 7.89. The van der Waals surface area contributed by atoms with E-state index in [1.807, 2.05) is 25.1 Å². The largest absolute Gasteiger partial charge is 0.312 e. The van der Waals surface area contributed by atoms with Crippen LogP contribution in [0.3, 0.4) is 0 Å². The third-order valence-corrected chi connectivity index (χ3v) is 8.24. The van der Waals surface area contributed by atoms with E-state index < -0.39 is 22.0 Å². The standard InChI is InChI=1S/C24H28N4O4S2/c1-14(2)22(23(30)26-24-25-19-9-7-15(3)12-21(19)33-24)27-34(31,32)18-8-10-20-17(13-18)6-5-11-28(20)16(4)29/h7-10,12-14,22,27H,5-6,11H2,1-4H3,(H,25,26,30). The molecule has 3 aromatic rings. The lowest BCUT2D eigenvalue weighted by atomic mass is 10.0. The molecule has 1 aliphatic heterocycles. The van der Waals surface area contributed by atoms with E-state index in [-0.39, 0.29) is 16.7 Å². The molecule has 0 radical (unpaired) electrons. The van der Waals surface area contributed by atoms with E-state index in [0.29, 0.717) is 18.1 Å². The number of sulfonamides is 1. The Morgan fingerprint density at radius 1 is 1.15 bits per heavy atom. The number of carbonyl (C=O) groups is 2. The van der Waals surface area contributed by atoms with Gasteiger partial charge < -0.3 is 10.2 Å². The van der Waals surface area contributed by atoms with Crippen molar-refractivity contribution >= 4 is 54.2 Å². The van der Waals surface area contributed by atoms with Gasteiger partial charge in [0, 0.05) is 19.2 Å². The molecule has 1 aliphatic rings. The third-order valence-electron chi connectivity index (χ3n) is 5.87. The zero-order valence-corrected chi connectivity index (χ0v) is 21.2. The fraction of sp³-hybridized carbons (Fsp3) is 0.375. The molecule has 34 heavy (non-hydrogen) atoms. The number of hydrogen-bond donors (Lipinski definition) is 2. The Balaban J connectivity index is 1.55. The van der Waals surface area contributed by atoms with Crippen LogP contribution in [-0.4, -0.2) is 37.8 Å². The number of hydrogen-bond acceptors (Lipinski definition) is 6. The highest BCUT2D eigenvalue weighted by Crippen LogP contribution is 2.30. The van der Waals surface area contributed by atoms with Crippen LogP contribution in [-0.2, 0) is 26.0 Å². The summed E-state index contributed by atoms with van der Waals surface area (Å²) in [6.45, 7) is 7.67. The van der Waals surface area contributed by atoms with Crippen LogP contribution in [0.25, 0.3) is 10.2 Å². The van der Waals surface area contributed by atoms with Crippen molar-refractivity contribution in [3.05, 3.63) is 47.5 Å². The second-order valence-electron chi connectivity index (χ2n) is 8.89. The summed E-state index contributed by atoms with van der Waals surface area (Å²) < 4.78 is 29.9. The number of amides is 2. The first-order valence-electron chi connectivity index (χ1n) is 11.2. The minimum Gasteiger partial charge on any atom is -0.312 e. The normalized spacial score (nSPS) is 14.8.